The number of ether oxygens (including phenoxy) is 1. The van der Waals surface area contributed by atoms with Crippen molar-refractivity contribution >= 4 is 17.5 Å². The number of likely N-dealkylation sites (N-methyl/N-ethyl adjacent to an activating group) is 1. The lowest BCUT2D eigenvalue weighted by Crippen LogP contribution is -2.38. The number of rotatable bonds is 8. The van der Waals surface area contributed by atoms with Gasteiger partial charge in [-0.3, -0.25) is 9.59 Å². The highest BCUT2D eigenvalue weighted by atomic mass is 19.1. The third-order valence-electron chi connectivity index (χ3n) is 5.28. The fourth-order valence-electron chi connectivity index (χ4n) is 3.73. The van der Waals surface area contributed by atoms with Crippen LogP contribution in [0.3, 0.4) is 0 Å². The van der Waals surface area contributed by atoms with E-state index in [2.05, 4.69) is 5.32 Å². The zero-order chi connectivity index (χ0) is 21.7. The predicted octanol–water partition coefficient (Wildman–Crippen LogP) is 3.00. The molecule has 1 heterocycles. The molecule has 7 heteroatoms. The first-order valence-corrected chi connectivity index (χ1v) is 10.1. The van der Waals surface area contributed by atoms with Crippen molar-refractivity contribution in [3.8, 4) is 5.75 Å². The van der Waals surface area contributed by atoms with Crippen molar-refractivity contribution in [3.63, 3.8) is 0 Å². The number of carbonyl (C=O) groups excluding carboxylic acids is 2. The Morgan fingerprint density at radius 1 is 1.27 bits per heavy atom. The third-order valence-corrected chi connectivity index (χ3v) is 5.28. The van der Waals surface area contributed by atoms with Crippen molar-refractivity contribution in [3.05, 3.63) is 59.9 Å². The smallest absolute Gasteiger partial charge is 0.227 e. The lowest BCUT2D eigenvalue weighted by Gasteiger charge is -2.26. The van der Waals surface area contributed by atoms with Gasteiger partial charge in [-0.25, -0.2) is 4.39 Å². The van der Waals surface area contributed by atoms with E-state index >= 15 is 0 Å². The Bertz CT molecular complexity index is 903. The molecule has 1 saturated heterocycles. The minimum absolute atomic E-state index is 0.100. The van der Waals surface area contributed by atoms with E-state index in [0.717, 1.165) is 5.56 Å². The van der Waals surface area contributed by atoms with Crippen molar-refractivity contribution in [1.29, 1.82) is 0 Å². The second-order valence-electron chi connectivity index (χ2n) is 7.59. The van der Waals surface area contributed by atoms with Gasteiger partial charge in [-0.1, -0.05) is 24.3 Å². The number of carbonyl (C=O) groups is 2. The van der Waals surface area contributed by atoms with Gasteiger partial charge >= 0.3 is 0 Å². The highest BCUT2D eigenvalue weighted by Gasteiger charge is 2.36. The molecule has 3 rings (SSSR count). The van der Waals surface area contributed by atoms with Crippen LogP contribution in [0.1, 0.15) is 24.9 Å². The molecule has 2 amide bonds. The number of amides is 2. The minimum atomic E-state index is -0.442. The molecule has 1 fully saturated rings. The molecule has 2 unspecified atom stereocenters. The maximum Gasteiger partial charge on any atom is 0.227 e. The minimum Gasteiger partial charge on any atom is -0.492 e. The molecule has 0 aromatic heterocycles. The van der Waals surface area contributed by atoms with E-state index in [-0.39, 0.29) is 30.1 Å². The first-order valence-electron chi connectivity index (χ1n) is 10.1. The van der Waals surface area contributed by atoms with Gasteiger partial charge in [-0.05, 0) is 50.8 Å². The molecule has 0 bridgehead atoms. The van der Waals surface area contributed by atoms with Gasteiger partial charge < -0.3 is 19.9 Å². The number of nitrogens with one attached hydrogen (secondary N) is 1. The number of nitrogens with zero attached hydrogens (tertiary/aromatic N) is 2. The topological polar surface area (TPSA) is 61.9 Å². The second kappa shape index (κ2) is 9.71. The van der Waals surface area contributed by atoms with Crippen LogP contribution in [0.2, 0.25) is 0 Å². The van der Waals surface area contributed by atoms with Crippen molar-refractivity contribution in [2.75, 3.05) is 38.7 Å². The van der Waals surface area contributed by atoms with E-state index in [1.807, 2.05) is 56.3 Å². The van der Waals surface area contributed by atoms with Crippen LogP contribution >= 0.6 is 0 Å². The fraction of sp³-hybridized carbons (Fsp3) is 0.391. The van der Waals surface area contributed by atoms with Gasteiger partial charge in [0.15, 0.2) is 0 Å². The fourth-order valence-corrected chi connectivity index (χ4v) is 3.73. The molecule has 1 N–H and O–H groups in total. The molecule has 0 saturated carbocycles. The van der Waals surface area contributed by atoms with Gasteiger partial charge in [0.05, 0.1) is 24.3 Å². The highest BCUT2D eigenvalue weighted by molar-refractivity contribution is 6.01. The molecule has 2 aromatic rings. The summed E-state index contributed by atoms with van der Waals surface area (Å²) in [5.41, 5.74) is 1.47. The molecule has 0 spiro atoms. The summed E-state index contributed by atoms with van der Waals surface area (Å²) in [6.45, 7) is 3.02. The third kappa shape index (κ3) is 4.97. The Hall–Kier alpha value is -2.93. The van der Waals surface area contributed by atoms with Gasteiger partial charge in [0, 0.05) is 19.5 Å². The first kappa shape index (κ1) is 21.8. The Kier molecular flexibility index (Phi) is 7.05. The summed E-state index contributed by atoms with van der Waals surface area (Å²) < 4.78 is 19.2. The van der Waals surface area contributed by atoms with Crippen LogP contribution in [-0.4, -0.2) is 50.5 Å². The molecule has 1 aliphatic heterocycles. The van der Waals surface area contributed by atoms with Crippen molar-refractivity contribution in [2.24, 2.45) is 5.92 Å². The number of hydrogen-bond acceptors (Lipinski definition) is 4. The van der Waals surface area contributed by atoms with E-state index in [1.165, 1.54) is 12.1 Å². The summed E-state index contributed by atoms with van der Waals surface area (Å²) >= 11 is 0. The highest BCUT2D eigenvalue weighted by Crippen LogP contribution is 2.33. The molecule has 6 nitrogen and oxygen atoms in total. The van der Waals surface area contributed by atoms with Gasteiger partial charge in [0.1, 0.15) is 11.6 Å². The number of halogens is 1. The zero-order valence-electron chi connectivity index (χ0n) is 17.6. The van der Waals surface area contributed by atoms with Crippen LogP contribution in [0.5, 0.6) is 5.75 Å². The van der Waals surface area contributed by atoms with Crippen LogP contribution in [0, 0.1) is 11.7 Å². The Labute approximate surface area is 176 Å². The molecule has 2 aromatic carbocycles. The van der Waals surface area contributed by atoms with Crippen molar-refractivity contribution in [1.82, 2.24) is 10.2 Å². The average molecular weight is 413 g/mol. The molecule has 0 radical (unpaired) electrons. The lowest BCUT2D eigenvalue weighted by molar-refractivity contribution is -0.126. The van der Waals surface area contributed by atoms with E-state index < -0.39 is 5.92 Å². The van der Waals surface area contributed by atoms with Crippen molar-refractivity contribution in [2.45, 2.75) is 19.4 Å². The zero-order valence-corrected chi connectivity index (χ0v) is 17.6. The summed E-state index contributed by atoms with van der Waals surface area (Å²) in [7, 11) is 3.76. The molecule has 0 aliphatic carbocycles. The summed E-state index contributed by atoms with van der Waals surface area (Å²) in [5.74, 6) is -0.397. The number of anilines is 1. The predicted molar refractivity (Wildman–Crippen MR) is 114 cm³/mol. The number of para-hydroxylation sites is 2. The summed E-state index contributed by atoms with van der Waals surface area (Å²) in [6, 6.07) is 13.5. The Morgan fingerprint density at radius 2 is 2.03 bits per heavy atom. The quantitative estimate of drug-likeness (QED) is 0.723. The first-order chi connectivity index (χ1) is 14.4. The van der Waals surface area contributed by atoms with Crippen LogP contribution < -0.4 is 15.0 Å². The Balaban J connectivity index is 1.66. The molecule has 2 atom stereocenters. The standard InChI is InChI=1S/C23H28FN3O3/c1-4-30-21-11-6-5-10-19(21)27-15-17(13-22(27)28)23(29)25-14-20(26(2)3)16-8-7-9-18(24)12-16/h5-12,17,20H,4,13-15H2,1-3H3,(H,25,29). The average Bonchev–Trinajstić information content (AvgIpc) is 3.10. The van der Waals surface area contributed by atoms with Crippen molar-refractivity contribution < 1.29 is 18.7 Å². The van der Waals surface area contributed by atoms with Crippen LogP contribution in [-0.2, 0) is 9.59 Å². The molecule has 30 heavy (non-hydrogen) atoms. The van der Waals surface area contributed by atoms with Crippen LogP contribution in [0.4, 0.5) is 10.1 Å². The normalized spacial score (nSPS) is 17.3. The molecule has 1 aliphatic rings. The van der Waals surface area contributed by atoms with E-state index in [0.29, 0.717) is 31.1 Å². The number of benzene rings is 2. The largest absolute Gasteiger partial charge is 0.492 e. The maximum atomic E-state index is 13.6. The molecular formula is C23H28FN3O3. The SMILES string of the molecule is CCOc1ccccc1N1CC(C(=O)NCC(c2cccc(F)c2)N(C)C)CC1=O. The summed E-state index contributed by atoms with van der Waals surface area (Å²) in [5, 5.41) is 2.94. The van der Waals surface area contributed by atoms with Gasteiger partial charge in [-0.15, -0.1) is 0 Å². The van der Waals surface area contributed by atoms with Gasteiger partial charge in [0.2, 0.25) is 11.8 Å². The van der Waals surface area contributed by atoms with Crippen LogP contribution in [0.25, 0.3) is 0 Å². The number of hydrogen-bond donors (Lipinski definition) is 1. The second-order valence-corrected chi connectivity index (χ2v) is 7.59. The molecular weight excluding hydrogens is 385 g/mol. The summed E-state index contributed by atoms with van der Waals surface area (Å²) in [4.78, 5) is 28.9. The van der Waals surface area contributed by atoms with Gasteiger partial charge in [-0.2, -0.15) is 0 Å². The van der Waals surface area contributed by atoms with E-state index in [1.54, 1.807) is 11.0 Å². The lowest BCUT2D eigenvalue weighted by atomic mass is 10.0. The van der Waals surface area contributed by atoms with E-state index in [9.17, 15) is 14.0 Å². The maximum absolute atomic E-state index is 13.6. The molecule has 160 valence electrons. The van der Waals surface area contributed by atoms with Crippen LogP contribution in [0.15, 0.2) is 48.5 Å². The monoisotopic (exact) mass is 413 g/mol. The van der Waals surface area contributed by atoms with Gasteiger partial charge in [0.25, 0.3) is 0 Å². The van der Waals surface area contributed by atoms with E-state index in [4.69, 9.17) is 4.74 Å². The summed E-state index contributed by atoms with van der Waals surface area (Å²) in [6.07, 6.45) is 0.152. The Morgan fingerprint density at radius 3 is 2.73 bits per heavy atom.